The second-order valence-electron chi connectivity index (χ2n) is 6.69. The molecule has 5 nitrogen and oxygen atoms in total. The maximum atomic E-state index is 12.4. The Kier molecular flexibility index (Phi) is 6.98. The molecule has 0 fully saturated rings. The number of hydrogen-bond donors (Lipinski definition) is 1. The van der Waals surface area contributed by atoms with E-state index >= 15 is 0 Å². The third kappa shape index (κ3) is 5.99. The number of rotatable bonds is 6. The van der Waals surface area contributed by atoms with E-state index < -0.39 is 5.97 Å². The number of amides is 1. The minimum Gasteiger partial charge on any atom is -0.482 e. The minimum atomic E-state index is -0.544. The summed E-state index contributed by atoms with van der Waals surface area (Å²) in [6, 6.07) is 16.7. The Balaban J connectivity index is 1.56. The summed E-state index contributed by atoms with van der Waals surface area (Å²) in [6.45, 7) is 3.69. The van der Waals surface area contributed by atoms with Gasteiger partial charge in [0.25, 0.3) is 5.91 Å². The molecule has 0 saturated heterocycles. The van der Waals surface area contributed by atoms with Gasteiger partial charge in [0.05, 0.1) is 10.7 Å². The number of nitrogens with one attached hydrogen (secondary N) is 1. The van der Waals surface area contributed by atoms with Gasteiger partial charge in [0.2, 0.25) is 0 Å². The number of ether oxygens (including phenoxy) is 2. The lowest BCUT2D eigenvalue weighted by Gasteiger charge is -2.10. The van der Waals surface area contributed by atoms with Crippen LogP contribution in [0.4, 0.5) is 5.69 Å². The highest BCUT2D eigenvalue weighted by Gasteiger charge is 2.11. The predicted molar refractivity (Wildman–Crippen MR) is 118 cm³/mol. The van der Waals surface area contributed by atoms with E-state index in [1.807, 2.05) is 32.0 Å². The third-order valence-electron chi connectivity index (χ3n) is 4.08. The first-order valence-electron chi connectivity index (χ1n) is 9.08. The monoisotopic (exact) mass is 443 g/mol. The molecule has 0 aliphatic heterocycles. The number of anilines is 1. The molecule has 3 aromatic rings. The average Bonchev–Trinajstić information content (AvgIpc) is 2.69. The SMILES string of the molecule is Cc1cc(C)cc(OCC(=O)Oc2ccc(C(=O)Nc3cc(Cl)ccc3Cl)cc2)c1. The smallest absolute Gasteiger partial charge is 0.349 e. The number of carbonyl (C=O) groups excluding carboxylic acids is 2. The number of halogens is 2. The van der Waals surface area contributed by atoms with Crippen molar-refractivity contribution < 1.29 is 19.1 Å². The van der Waals surface area contributed by atoms with Gasteiger partial charge < -0.3 is 14.8 Å². The molecule has 3 aromatic carbocycles. The summed E-state index contributed by atoms with van der Waals surface area (Å²) in [5, 5.41) is 3.53. The summed E-state index contributed by atoms with van der Waals surface area (Å²) in [6.07, 6.45) is 0. The molecule has 0 saturated carbocycles. The predicted octanol–water partition coefficient (Wildman–Crippen LogP) is 5.85. The van der Waals surface area contributed by atoms with Crippen LogP contribution in [-0.2, 0) is 4.79 Å². The van der Waals surface area contributed by atoms with Crippen LogP contribution in [0.1, 0.15) is 21.5 Å². The van der Waals surface area contributed by atoms with E-state index in [1.165, 1.54) is 12.1 Å². The van der Waals surface area contributed by atoms with E-state index in [2.05, 4.69) is 5.32 Å². The van der Waals surface area contributed by atoms with Gasteiger partial charge in [-0.3, -0.25) is 4.79 Å². The quantitative estimate of drug-likeness (QED) is 0.383. The Labute approximate surface area is 184 Å². The molecule has 30 heavy (non-hydrogen) atoms. The van der Waals surface area contributed by atoms with Crippen molar-refractivity contribution in [3.05, 3.63) is 87.4 Å². The van der Waals surface area contributed by atoms with Crippen LogP contribution in [0.3, 0.4) is 0 Å². The zero-order valence-corrected chi connectivity index (χ0v) is 17.9. The van der Waals surface area contributed by atoms with Crippen molar-refractivity contribution in [2.45, 2.75) is 13.8 Å². The molecule has 0 radical (unpaired) electrons. The first-order chi connectivity index (χ1) is 14.3. The molecule has 154 valence electrons. The lowest BCUT2D eigenvalue weighted by atomic mass is 10.1. The molecular weight excluding hydrogens is 425 g/mol. The van der Waals surface area contributed by atoms with E-state index in [0.717, 1.165) is 11.1 Å². The standard InChI is InChI=1S/C23H19Cl2NO4/c1-14-9-15(2)11-19(10-14)29-13-22(27)30-18-6-3-16(4-7-18)23(28)26-21-12-17(24)5-8-20(21)25/h3-12H,13H2,1-2H3,(H,26,28). The first kappa shape index (κ1) is 21.7. The van der Waals surface area contributed by atoms with Gasteiger partial charge in [0.15, 0.2) is 6.61 Å². The molecule has 7 heteroatoms. The van der Waals surface area contributed by atoms with Crippen LogP contribution in [0.2, 0.25) is 10.0 Å². The summed E-state index contributed by atoms with van der Waals surface area (Å²) >= 11 is 12.0. The normalized spacial score (nSPS) is 10.4. The minimum absolute atomic E-state index is 0.224. The lowest BCUT2D eigenvalue weighted by molar-refractivity contribution is -0.136. The van der Waals surface area contributed by atoms with Gasteiger partial charge in [-0.15, -0.1) is 0 Å². The Morgan fingerprint density at radius 3 is 2.20 bits per heavy atom. The van der Waals surface area contributed by atoms with Crippen molar-refractivity contribution in [3.63, 3.8) is 0 Å². The average molecular weight is 444 g/mol. The molecular formula is C23H19Cl2NO4. The molecule has 0 heterocycles. The van der Waals surface area contributed by atoms with Crippen molar-refractivity contribution >= 4 is 40.8 Å². The highest BCUT2D eigenvalue weighted by molar-refractivity contribution is 6.35. The van der Waals surface area contributed by atoms with Crippen molar-refractivity contribution in [1.82, 2.24) is 0 Å². The number of esters is 1. The van der Waals surface area contributed by atoms with Crippen LogP contribution in [0.25, 0.3) is 0 Å². The zero-order valence-electron chi connectivity index (χ0n) is 16.4. The highest BCUT2D eigenvalue weighted by atomic mass is 35.5. The van der Waals surface area contributed by atoms with Gasteiger partial charge in [-0.05, 0) is 79.6 Å². The second kappa shape index (κ2) is 9.65. The molecule has 1 N–H and O–H groups in total. The van der Waals surface area contributed by atoms with Crippen molar-refractivity contribution in [3.8, 4) is 11.5 Å². The van der Waals surface area contributed by atoms with Gasteiger partial charge >= 0.3 is 5.97 Å². The van der Waals surface area contributed by atoms with Crippen molar-refractivity contribution in [2.75, 3.05) is 11.9 Å². The first-order valence-corrected chi connectivity index (χ1v) is 9.84. The van der Waals surface area contributed by atoms with Crippen LogP contribution in [0.5, 0.6) is 11.5 Å². The van der Waals surface area contributed by atoms with Crippen LogP contribution in [-0.4, -0.2) is 18.5 Å². The van der Waals surface area contributed by atoms with Gasteiger partial charge in [-0.1, -0.05) is 29.3 Å². The summed E-state index contributed by atoms with van der Waals surface area (Å²) in [5.41, 5.74) is 2.88. The molecule has 1 amide bonds. The Morgan fingerprint density at radius 1 is 0.867 bits per heavy atom. The van der Waals surface area contributed by atoms with Crippen LogP contribution >= 0.6 is 23.2 Å². The van der Waals surface area contributed by atoms with Gasteiger partial charge in [0.1, 0.15) is 11.5 Å². The number of benzene rings is 3. The maximum Gasteiger partial charge on any atom is 0.349 e. The van der Waals surface area contributed by atoms with E-state index in [-0.39, 0.29) is 12.5 Å². The fourth-order valence-electron chi connectivity index (χ4n) is 2.78. The topological polar surface area (TPSA) is 64.6 Å². The summed E-state index contributed by atoms with van der Waals surface area (Å²) < 4.78 is 10.7. The number of carbonyl (C=O) groups is 2. The zero-order chi connectivity index (χ0) is 21.7. The van der Waals surface area contributed by atoms with Crippen LogP contribution < -0.4 is 14.8 Å². The fraction of sp³-hybridized carbons (Fsp3) is 0.130. The Bertz CT molecular complexity index is 1060. The van der Waals surface area contributed by atoms with Gasteiger partial charge in [-0.2, -0.15) is 0 Å². The second-order valence-corrected chi connectivity index (χ2v) is 7.53. The summed E-state index contributed by atoms with van der Waals surface area (Å²) in [4.78, 5) is 24.4. The molecule has 3 rings (SSSR count). The lowest BCUT2D eigenvalue weighted by Crippen LogP contribution is -2.18. The van der Waals surface area contributed by atoms with Gasteiger partial charge in [0, 0.05) is 10.6 Å². The van der Waals surface area contributed by atoms with Crippen LogP contribution in [0.15, 0.2) is 60.7 Å². The Morgan fingerprint density at radius 2 is 1.53 bits per heavy atom. The van der Waals surface area contributed by atoms with E-state index in [9.17, 15) is 9.59 Å². The van der Waals surface area contributed by atoms with E-state index in [4.69, 9.17) is 32.7 Å². The molecule has 0 bridgehead atoms. The third-order valence-corrected chi connectivity index (χ3v) is 4.64. The number of aryl methyl sites for hydroxylation is 2. The highest BCUT2D eigenvalue weighted by Crippen LogP contribution is 2.26. The Hall–Kier alpha value is -3.02. The largest absolute Gasteiger partial charge is 0.482 e. The van der Waals surface area contributed by atoms with E-state index in [0.29, 0.717) is 32.8 Å². The van der Waals surface area contributed by atoms with Crippen molar-refractivity contribution in [2.24, 2.45) is 0 Å². The number of hydrogen-bond acceptors (Lipinski definition) is 4. The molecule has 0 aliphatic carbocycles. The van der Waals surface area contributed by atoms with Gasteiger partial charge in [-0.25, -0.2) is 4.79 Å². The molecule has 0 aliphatic rings. The fourth-order valence-corrected chi connectivity index (χ4v) is 3.12. The van der Waals surface area contributed by atoms with Crippen molar-refractivity contribution in [1.29, 1.82) is 0 Å². The molecule has 0 spiro atoms. The van der Waals surface area contributed by atoms with E-state index in [1.54, 1.807) is 30.3 Å². The summed E-state index contributed by atoms with van der Waals surface area (Å²) in [5.74, 6) is 0.00442. The summed E-state index contributed by atoms with van der Waals surface area (Å²) in [7, 11) is 0. The molecule has 0 aromatic heterocycles. The van der Waals surface area contributed by atoms with Crippen LogP contribution in [0, 0.1) is 13.8 Å². The molecule has 0 unspecified atom stereocenters. The maximum absolute atomic E-state index is 12.4. The molecule has 0 atom stereocenters.